The Balaban J connectivity index is 1.39. The summed E-state index contributed by atoms with van der Waals surface area (Å²) in [6.07, 6.45) is 4.27. The van der Waals surface area contributed by atoms with E-state index in [1.165, 1.54) is 10.2 Å². The van der Waals surface area contributed by atoms with Crippen molar-refractivity contribution in [2.75, 3.05) is 25.5 Å². The van der Waals surface area contributed by atoms with Crippen molar-refractivity contribution in [1.82, 2.24) is 14.7 Å². The Bertz CT molecular complexity index is 984. The van der Waals surface area contributed by atoms with Crippen molar-refractivity contribution in [2.45, 2.75) is 26.3 Å². The number of rotatable bonds is 10. The third-order valence-electron chi connectivity index (χ3n) is 4.84. The van der Waals surface area contributed by atoms with Crippen LogP contribution < -0.4 is 10.1 Å². The van der Waals surface area contributed by atoms with Crippen molar-refractivity contribution < 1.29 is 14.3 Å². The lowest BCUT2D eigenvalue weighted by atomic mass is 10.1. The van der Waals surface area contributed by atoms with Crippen LogP contribution in [-0.2, 0) is 22.6 Å². The Kier molecular flexibility index (Phi) is 7.81. The Labute approximate surface area is 182 Å². The molecule has 0 saturated carbocycles. The molecule has 1 aromatic heterocycles. The van der Waals surface area contributed by atoms with Crippen LogP contribution in [0.2, 0.25) is 0 Å². The molecule has 1 heterocycles. The van der Waals surface area contributed by atoms with E-state index in [2.05, 4.69) is 10.4 Å². The van der Waals surface area contributed by atoms with Gasteiger partial charge in [-0.05, 0) is 31.0 Å². The number of hydrogen-bond donors (Lipinski definition) is 1. The number of likely N-dealkylation sites (N-methyl/N-ethyl adjacent to an activating group) is 1. The highest BCUT2D eigenvalue weighted by atomic mass is 16.5. The number of anilines is 1. The first-order chi connectivity index (χ1) is 15.0. The van der Waals surface area contributed by atoms with Crippen LogP contribution in [0.1, 0.15) is 17.5 Å². The molecule has 3 rings (SSSR count). The second-order valence-electron chi connectivity index (χ2n) is 7.44. The van der Waals surface area contributed by atoms with Gasteiger partial charge < -0.3 is 15.0 Å². The first-order valence-corrected chi connectivity index (χ1v) is 10.3. The van der Waals surface area contributed by atoms with E-state index in [-0.39, 0.29) is 18.4 Å². The highest BCUT2D eigenvalue weighted by Gasteiger charge is 2.12. The van der Waals surface area contributed by atoms with E-state index >= 15 is 0 Å². The fourth-order valence-corrected chi connectivity index (χ4v) is 2.96. The number of aryl methyl sites for hydroxylation is 2. The van der Waals surface area contributed by atoms with E-state index in [0.717, 1.165) is 11.3 Å². The third kappa shape index (κ3) is 7.29. The van der Waals surface area contributed by atoms with Gasteiger partial charge in [-0.2, -0.15) is 5.10 Å². The molecule has 0 atom stereocenters. The number of hydrogen-bond acceptors (Lipinski definition) is 4. The maximum atomic E-state index is 12.4. The molecule has 0 aliphatic carbocycles. The van der Waals surface area contributed by atoms with Crippen LogP contribution in [0.4, 0.5) is 5.69 Å². The zero-order valence-electron chi connectivity index (χ0n) is 18.0. The van der Waals surface area contributed by atoms with Crippen molar-refractivity contribution in [2.24, 2.45) is 0 Å². The summed E-state index contributed by atoms with van der Waals surface area (Å²) in [4.78, 5) is 26.2. The van der Waals surface area contributed by atoms with Crippen molar-refractivity contribution >= 4 is 17.5 Å². The van der Waals surface area contributed by atoms with E-state index in [4.69, 9.17) is 4.74 Å². The first-order valence-electron chi connectivity index (χ1n) is 10.3. The van der Waals surface area contributed by atoms with Gasteiger partial charge in [0.2, 0.25) is 11.8 Å². The Morgan fingerprint density at radius 2 is 1.84 bits per heavy atom. The van der Waals surface area contributed by atoms with Gasteiger partial charge in [-0.25, -0.2) is 0 Å². The second kappa shape index (κ2) is 11.0. The zero-order chi connectivity index (χ0) is 22.1. The van der Waals surface area contributed by atoms with Gasteiger partial charge in [-0.1, -0.05) is 48.0 Å². The minimum Gasteiger partial charge on any atom is -0.492 e. The quantitative estimate of drug-likeness (QED) is 0.546. The highest BCUT2D eigenvalue weighted by Crippen LogP contribution is 2.11. The lowest BCUT2D eigenvalue weighted by Crippen LogP contribution is -2.33. The van der Waals surface area contributed by atoms with E-state index in [9.17, 15) is 9.59 Å². The second-order valence-corrected chi connectivity index (χ2v) is 7.44. The minimum absolute atomic E-state index is 0.0832. The number of benzene rings is 2. The molecule has 2 aromatic carbocycles. The van der Waals surface area contributed by atoms with Crippen LogP contribution in [0.3, 0.4) is 0 Å². The fourth-order valence-electron chi connectivity index (χ4n) is 2.96. The van der Waals surface area contributed by atoms with Crippen molar-refractivity contribution in [1.29, 1.82) is 0 Å². The molecule has 0 fully saturated rings. The van der Waals surface area contributed by atoms with Crippen LogP contribution in [0.25, 0.3) is 0 Å². The van der Waals surface area contributed by atoms with E-state index < -0.39 is 0 Å². The van der Waals surface area contributed by atoms with Crippen molar-refractivity contribution in [3.05, 3.63) is 78.1 Å². The van der Waals surface area contributed by atoms with Crippen LogP contribution >= 0.6 is 0 Å². The molecule has 0 unspecified atom stereocenters. The predicted octanol–water partition coefficient (Wildman–Crippen LogP) is 3.30. The molecule has 0 bridgehead atoms. The van der Waals surface area contributed by atoms with E-state index in [0.29, 0.717) is 31.7 Å². The number of carbonyl (C=O) groups excluding carboxylic acids is 2. The topological polar surface area (TPSA) is 76.5 Å². The van der Waals surface area contributed by atoms with Crippen LogP contribution in [0.5, 0.6) is 5.75 Å². The minimum atomic E-state index is -0.0856. The van der Waals surface area contributed by atoms with Gasteiger partial charge in [0.1, 0.15) is 18.9 Å². The van der Waals surface area contributed by atoms with Gasteiger partial charge in [0, 0.05) is 19.7 Å². The van der Waals surface area contributed by atoms with Gasteiger partial charge in [-0.3, -0.25) is 14.3 Å². The lowest BCUT2D eigenvalue weighted by Gasteiger charge is -2.17. The Hall–Kier alpha value is -3.61. The summed E-state index contributed by atoms with van der Waals surface area (Å²) in [7, 11) is 1.73. The summed E-state index contributed by atoms with van der Waals surface area (Å²) in [6.45, 7) is 3.00. The van der Waals surface area contributed by atoms with Crippen LogP contribution in [0, 0.1) is 6.92 Å². The Morgan fingerprint density at radius 3 is 2.58 bits per heavy atom. The molecule has 162 valence electrons. The average molecular weight is 421 g/mol. The monoisotopic (exact) mass is 420 g/mol. The number of nitrogens with one attached hydrogen (secondary N) is 1. The number of nitrogens with zero attached hydrogens (tertiary/aromatic N) is 3. The van der Waals surface area contributed by atoms with Crippen LogP contribution in [-0.4, -0.2) is 46.7 Å². The number of ether oxygens (including phenoxy) is 1. The maximum Gasteiger partial charge on any atom is 0.244 e. The summed E-state index contributed by atoms with van der Waals surface area (Å²) in [5, 5.41) is 6.99. The van der Waals surface area contributed by atoms with E-state index in [1.54, 1.807) is 24.3 Å². The number of aromatic nitrogens is 2. The summed E-state index contributed by atoms with van der Waals surface area (Å²) >= 11 is 0. The molecule has 7 nitrogen and oxygen atoms in total. The Morgan fingerprint density at radius 1 is 1.10 bits per heavy atom. The summed E-state index contributed by atoms with van der Waals surface area (Å²) in [5.74, 6) is 0.615. The summed E-state index contributed by atoms with van der Waals surface area (Å²) < 4.78 is 7.19. The van der Waals surface area contributed by atoms with Crippen LogP contribution in [0.15, 0.2) is 67.0 Å². The molecule has 0 aliphatic rings. The molecule has 0 saturated heterocycles. The highest BCUT2D eigenvalue weighted by molar-refractivity contribution is 5.90. The molecular weight excluding hydrogens is 392 g/mol. The molecule has 0 radical (unpaired) electrons. The molecule has 31 heavy (non-hydrogen) atoms. The standard InChI is InChI=1S/C24H28N4O3/c1-19-8-11-22(12-9-19)31-15-14-27(2)24(30)18-28-17-21(16-25-28)26-23(29)13-10-20-6-4-3-5-7-20/h3-9,11-12,16-17H,10,13-15,18H2,1-2H3,(H,26,29). The molecule has 3 aromatic rings. The van der Waals surface area contributed by atoms with E-state index in [1.807, 2.05) is 61.5 Å². The first kappa shape index (κ1) is 22.1. The fraction of sp³-hybridized carbons (Fsp3) is 0.292. The van der Waals surface area contributed by atoms with Gasteiger partial charge >= 0.3 is 0 Å². The third-order valence-corrected chi connectivity index (χ3v) is 4.84. The van der Waals surface area contributed by atoms with Gasteiger partial charge in [-0.15, -0.1) is 0 Å². The molecular formula is C24H28N4O3. The molecule has 2 amide bonds. The number of amides is 2. The normalized spacial score (nSPS) is 10.5. The molecule has 0 aliphatic heterocycles. The van der Waals surface area contributed by atoms with Gasteiger partial charge in [0.05, 0.1) is 18.4 Å². The largest absolute Gasteiger partial charge is 0.492 e. The average Bonchev–Trinajstić information content (AvgIpc) is 3.20. The zero-order valence-corrected chi connectivity index (χ0v) is 18.0. The maximum absolute atomic E-state index is 12.4. The molecule has 0 spiro atoms. The lowest BCUT2D eigenvalue weighted by molar-refractivity contribution is -0.131. The van der Waals surface area contributed by atoms with Crippen molar-refractivity contribution in [3.8, 4) is 5.75 Å². The summed E-state index contributed by atoms with van der Waals surface area (Å²) in [5.41, 5.74) is 2.87. The van der Waals surface area contributed by atoms with Gasteiger partial charge in [0.25, 0.3) is 0 Å². The molecule has 1 N–H and O–H groups in total. The predicted molar refractivity (Wildman–Crippen MR) is 120 cm³/mol. The summed E-state index contributed by atoms with van der Waals surface area (Å²) in [6, 6.07) is 17.7. The SMILES string of the molecule is Cc1ccc(OCCN(C)C(=O)Cn2cc(NC(=O)CCc3ccccc3)cn2)cc1. The number of carbonyl (C=O) groups is 2. The molecule has 7 heteroatoms. The smallest absolute Gasteiger partial charge is 0.244 e. The van der Waals surface area contributed by atoms with Gasteiger partial charge in [0.15, 0.2) is 0 Å². The van der Waals surface area contributed by atoms with Crippen molar-refractivity contribution in [3.63, 3.8) is 0 Å².